The van der Waals surface area contributed by atoms with E-state index >= 15 is 0 Å². The predicted molar refractivity (Wildman–Crippen MR) is 102 cm³/mol. The van der Waals surface area contributed by atoms with Gasteiger partial charge in [-0.05, 0) is 12.8 Å². The van der Waals surface area contributed by atoms with E-state index in [4.69, 9.17) is 5.73 Å². The van der Waals surface area contributed by atoms with Gasteiger partial charge < -0.3 is 5.73 Å². The van der Waals surface area contributed by atoms with Gasteiger partial charge >= 0.3 is 0 Å². The lowest BCUT2D eigenvalue weighted by molar-refractivity contribution is 0.536. The first-order valence-corrected chi connectivity index (χ1v) is 9.93. The molecule has 0 unspecified atom stereocenters. The molecule has 2 N–H and O–H groups in total. The largest absolute Gasteiger partial charge is 0.327 e. The van der Waals surface area contributed by atoms with Gasteiger partial charge in [-0.2, -0.15) is 0 Å². The van der Waals surface area contributed by atoms with Crippen LogP contribution in [0, 0.1) is 0 Å². The van der Waals surface area contributed by atoms with Crippen LogP contribution in [0.2, 0.25) is 0 Å². The van der Waals surface area contributed by atoms with Crippen LogP contribution in [0.3, 0.4) is 0 Å². The summed E-state index contributed by atoms with van der Waals surface area (Å²) in [5.74, 6) is 0. The maximum Gasteiger partial charge on any atom is 0.0109 e. The summed E-state index contributed by atoms with van der Waals surface area (Å²) in [6, 6.07) is 0. The quantitative estimate of drug-likeness (QED) is 0.229. The van der Waals surface area contributed by atoms with Crippen molar-refractivity contribution in [3.05, 3.63) is 24.3 Å². The topological polar surface area (TPSA) is 26.0 Å². The lowest BCUT2D eigenvalue weighted by atomic mass is 10.0. The average molecular weight is 308 g/mol. The van der Waals surface area contributed by atoms with Gasteiger partial charge in [0.05, 0.1) is 0 Å². The van der Waals surface area contributed by atoms with Gasteiger partial charge in [0.1, 0.15) is 0 Å². The van der Waals surface area contributed by atoms with Crippen LogP contribution in [0.25, 0.3) is 0 Å². The standard InChI is InChI=1S/C21H41N/c1-2-3-4-5-6-7-8-9-10-11-12-13-14-15-16-17-18-19-20-21-22/h17-20H,2-16,21-22H2,1H3. The molecule has 1 nitrogen and oxygen atoms in total. The number of allylic oxidation sites excluding steroid dienone is 3. The molecule has 0 bridgehead atoms. The average Bonchev–Trinajstić information content (AvgIpc) is 2.54. The highest BCUT2D eigenvalue weighted by Crippen LogP contribution is 2.13. The second kappa shape index (κ2) is 20.4. The minimum atomic E-state index is 0.642. The summed E-state index contributed by atoms with van der Waals surface area (Å²) in [6.45, 7) is 2.93. The number of nitrogens with two attached hydrogens (primary N) is 1. The summed E-state index contributed by atoms with van der Waals surface area (Å²) < 4.78 is 0. The third kappa shape index (κ3) is 19.4. The van der Waals surface area contributed by atoms with Gasteiger partial charge in [-0.3, -0.25) is 0 Å². The molecule has 0 saturated carbocycles. The lowest BCUT2D eigenvalue weighted by Crippen LogP contribution is -1.91. The number of rotatable bonds is 17. The van der Waals surface area contributed by atoms with Crippen LogP contribution in [0.15, 0.2) is 24.3 Å². The fraction of sp³-hybridized carbons (Fsp3) is 0.810. The molecule has 0 radical (unpaired) electrons. The molecule has 130 valence electrons. The van der Waals surface area contributed by atoms with Crippen LogP contribution < -0.4 is 5.73 Å². The molecule has 0 aromatic heterocycles. The van der Waals surface area contributed by atoms with Crippen molar-refractivity contribution in [3.8, 4) is 0 Å². The van der Waals surface area contributed by atoms with Crippen LogP contribution >= 0.6 is 0 Å². The molecule has 0 aliphatic rings. The van der Waals surface area contributed by atoms with Crippen molar-refractivity contribution in [2.75, 3.05) is 6.54 Å². The van der Waals surface area contributed by atoms with Crippen molar-refractivity contribution in [2.45, 2.75) is 103 Å². The van der Waals surface area contributed by atoms with Gasteiger partial charge in [0.15, 0.2) is 0 Å². The van der Waals surface area contributed by atoms with E-state index in [1.165, 1.54) is 96.3 Å². The molecule has 0 saturated heterocycles. The molecule has 0 aromatic carbocycles. The van der Waals surface area contributed by atoms with Gasteiger partial charge in [-0.1, -0.05) is 115 Å². The zero-order chi connectivity index (χ0) is 16.1. The first-order valence-electron chi connectivity index (χ1n) is 9.93. The minimum absolute atomic E-state index is 0.642. The SMILES string of the molecule is CCCCCCCCCCCCCCCCC=CC=CCN. The Labute approximate surface area is 140 Å². The molecule has 0 aliphatic carbocycles. The Morgan fingerprint density at radius 2 is 0.955 bits per heavy atom. The minimum Gasteiger partial charge on any atom is -0.327 e. The van der Waals surface area contributed by atoms with E-state index in [1.807, 2.05) is 12.2 Å². The third-order valence-corrected chi connectivity index (χ3v) is 4.24. The van der Waals surface area contributed by atoms with Crippen LogP contribution in [0.1, 0.15) is 103 Å². The van der Waals surface area contributed by atoms with Crippen molar-refractivity contribution < 1.29 is 0 Å². The number of unbranched alkanes of at least 4 members (excludes halogenated alkanes) is 14. The molecular formula is C21H41N. The van der Waals surface area contributed by atoms with Crippen LogP contribution in [-0.4, -0.2) is 6.54 Å². The van der Waals surface area contributed by atoms with Crippen molar-refractivity contribution in [1.82, 2.24) is 0 Å². The monoisotopic (exact) mass is 307 g/mol. The van der Waals surface area contributed by atoms with Crippen molar-refractivity contribution in [3.63, 3.8) is 0 Å². The van der Waals surface area contributed by atoms with Gasteiger partial charge in [0.2, 0.25) is 0 Å². The van der Waals surface area contributed by atoms with E-state index in [2.05, 4.69) is 19.1 Å². The van der Waals surface area contributed by atoms with E-state index in [0.717, 1.165) is 0 Å². The molecule has 22 heavy (non-hydrogen) atoms. The van der Waals surface area contributed by atoms with E-state index in [1.54, 1.807) is 0 Å². The highest BCUT2D eigenvalue weighted by atomic mass is 14.5. The molecule has 0 atom stereocenters. The third-order valence-electron chi connectivity index (χ3n) is 4.24. The second-order valence-corrected chi connectivity index (χ2v) is 6.48. The summed E-state index contributed by atoms with van der Waals surface area (Å²) in [5, 5.41) is 0. The van der Waals surface area contributed by atoms with Crippen molar-refractivity contribution in [2.24, 2.45) is 5.73 Å². The Morgan fingerprint density at radius 1 is 0.545 bits per heavy atom. The molecule has 0 fully saturated rings. The molecule has 0 spiro atoms. The summed E-state index contributed by atoms with van der Waals surface area (Å²) in [5.41, 5.74) is 5.38. The number of hydrogen-bond donors (Lipinski definition) is 1. The lowest BCUT2D eigenvalue weighted by Gasteiger charge is -2.02. The summed E-state index contributed by atoms with van der Waals surface area (Å²) in [6.07, 6.45) is 29.7. The fourth-order valence-corrected chi connectivity index (χ4v) is 2.79. The highest BCUT2D eigenvalue weighted by Gasteiger charge is 1.93. The molecule has 1 heteroatoms. The Hall–Kier alpha value is -0.560. The molecule has 0 aromatic rings. The maximum absolute atomic E-state index is 5.38. The van der Waals surface area contributed by atoms with E-state index in [-0.39, 0.29) is 0 Å². The van der Waals surface area contributed by atoms with E-state index in [9.17, 15) is 0 Å². The zero-order valence-electron chi connectivity index (χ0n) is 15.2. The predicted octanol–water partition coefficient (Wildman–Crippen LogP) is 6.93. The smallest absolute Gasteiger partial charge is 0.0109 e. The summed E-state index contributed by atoms with van der Waals surface area (Å²) in [7, 11) is 0. The highest BCUT2D eigenvalue weighted by molar-refractivity contribution is 5.02. The van der Waals surface area contributed by atoms with Crippen LogP contribution in [0.5, 0.6) is 0 Å². The first kappa shape index (κ1) is 21.4. The molecule has 0 amide bonds. The van der Waals surface area contributed by atoms with Crippen LogP contribution in [0.4, 0.5) is 0 Å². The normalized spacial score (nSPS) is 11.9. The molecule has 0 aliphatic heterocycles. The molecule has 0 rings (SSSR count). The first-order chi connectivity index (χ1) is 10.9. The van der Waals surface area contributed by atoms with Gasteiger partial charge in [-0.25, -0.2) is 0 Å². The molecule has 0 heterocycles. The van der Waals surface area contributed by atoms with Crippen LogP contribution in [-0.2, 0) is 0 Å². The van der Waals surface area contributed by atoms with E-state index in [0.29, 0.717) is 6.54 Å². The maximum atomic E-state index is 5.38. The van der Waals surface area contributed by atoms with E-state index < -0.39 is 0 Å². The Morgan fingerprint density at radius 3 is 1.41 bits per heavy atom. The van der Waals surface area contributed by atoms with Gasteiger partial charge in [0.25, 0.3) is 0 Å². The van der Waals surface area contributed by atoms with Gasteiger partial charge in [-0.15, -0.1) is 0 Å². The van der Waals surface area contributed by atoms with Crippen molar-refractivity contribution in [1.29, 1.82) is 0 Å². The Kier molecular flexibility index (Phi) is 19.9. The van der Waals surface area contributed by atoms with Crippen molar-refractivity contribution >= 4 is 0 Å². The molecular weight excluding hydrogens is 266 g/mol. The Bertz CT molecular complexity index is 242. The second-order valence-electron chi connectivity index (χ2n) is 6.48. The summed E-state index contributed by atoms with van der Waals surface area (Å²) in [4.78, 5) is 0. The summed E-state index contributed by atoms with van der Waals surface area (Å²) >= 11 is 0. The van der Waals surface area contributed by atoms with Gasteiger partial charge in [0, 0.05) is 6.54 Å². The fourth-order valence-electron chi connectivity index (χ4n) is 2.79. The zero-order valence-corrected chi connectivity index (χ0v) is 15.2. The number of hydrogen-bond acceptors (Lipinski definition) is 1. The Balaban J connectivity index is 3.02.